The Morgan fingerprint density at radius 3 is 2.10 bits per heavy atom. The Kier molecular flexibility index (Phi) is 4.49. The first-order valence-corrected chi connectivity index (χ1v) is 6.10. The van der Waals surface area contributed by atoms with E-state index in [-0.39, 0.29) is 5.69 Å². The molecule has 1 N–H and O–H groups in total. The summed E-state index contributed by atoms with van der Waals surface area (Å²) in [7, 11) is 0. The van der Waals surface area contributed by atoms with Crippen molar-refractivity contribution in [2.75, 3.05) is 5.32 Å². The van der Waals surface area contributed by atoms with Gasteiger partial charge in [0.05, 0.1) is 0 Å². The summed E-state index contributed by atoms with van der Waals surface area (Å²) in [5.74, 6) is 4.12. The van der Waals surface area contributed by atoms with Gasteiger partial charge in [-0.25, -0.2) is 4.39 Å². The third-order valence-corrected chi connectivity index (χ3v) is 2.62. The molecule has 0 bridgehead atoms. The van der Waals surface area contributed by atoms with Crippen LogP contribution in [-0.4, -0.2) is 12.2 Å². The second kappa shape index (κ2) is 6.31. The van der Waals surface area contributed by atoms with Gasteiger partial charge in [0.25, 0.3) is 0 Å². The van der Waals surface area contributed by atoms with Crippen molar-refractivity contribution in [1.82, 2.24) is 0 Å². The lowest BCUT2D eigenvalue weighted by molar-refractivity contribution is -0.130. The van der Waals surface area contributed by atoms with Crippen LogP contribution < -0.4 is 5.32 Å². The summed E-state index contributed by atoms with van der Waals surface area (Å²) in [4.78, 5) is 0. The third-order valence-electron chi connectivity index (χ3n) is 2.62. The fourth-order valence-electron chi connectivity index (χ4n) is 1.59. The molecule has 1 nitrogen and oxygen atoms in total. The highest BCUT2D eigenvalue weighted by Crippen LogP contribution is 2.23. The minimum absolute atomic E-state index is 0.154. The van der Waals surface area contributed by atoms with E-state index >= 15 is 0 Å². The van der Waals surface area contributed by atoms with Crippen molar-refractivity contribution >= 4 is 5.69 Å². The lowest BCUT2D eigenvalue weighted by Gasteiger charge is -2.17. The fourth-order valence-corrected chi connectivity index (χ4v) is 1.59. The zero-order valence-corrected chi connectivity index (χ0v) is 10.8. The van der Waals surface area contributed by atoms with Gasteiger partial charge in [-0.1, -0.05) is 30.0 Å². The molecule has 0 spiro atoms. The van der Waals surface area contributed by atoms with Gasteiger partial charge in [-0.2, -0.15) is 13.2 Å². The number of anilines is 1. The third kappa shape index (κ3) is 4.53. The van der Waals surface area contributed by atoms with Gasteiger partial charge in [0.1, 0.15) is 5.82 Å². The van der Waals surface area contributed by atoms with E-state index < -0.39 is 18.0 Å². The summed E-state index contributed by atoms with van der Waals surface area (Å²) >= 11 is 0. The van der Waals surface area contributed by atoms with E-state index in [0.717, 1.165) is 12.1 Å². The topological polar surface area (TPSA) is 12.0 Å². The van der Waals surface area contributed by atoms with Gasteiger partial charge in [-0.15, -0.1) is 0 Å². The molecule has 0 aliphatic rings. The number of alkyl halides is 3. The van der Waals surface area contributed by atoms with Crippen molar-refractivity contribution < 1.29 is 17.6 Å². The number of nitrogens with one attached hydrogen (secondary N) is 1. The molecular weight excluding hydrogens is 282 g/mol. The molecule has 0 aliphatic carbocycles. The molecule has 0 aliphatic heterocycles. The van der Waals surface area contributed by atoms with Crippen LogP contribution in [0.25, 0.3) is 0 Å². The van der Waals surface area contributed by atoms with E-state index in [2.05, 4.69) is 17.2 Å². The Bertz CT molecular complexity index is 636. The first-order valence-electron chi connectivity index (χ1n) is 6.10. The van der Waals surface area contributed by atoms with Gasteiger partial charge in [-0.3, -0.25) is 0 Å². The zero-order valence-electron chi connectivity index (χ0n) is 10.8. The van der Waals surface area contributed by atoms with Gasteiger partial charge in [0, 0.05) is 11.3 Å². The maximum Gasteiger partial charge on any atom is 0.420 e. The lowest BCUT2D eigenvalue weighted by Crippen LogP contribution is -2.34. The van der Waals surface area contributed by atoms with Crippen LogP contribution in [0.4, 0.5) is 23.2 Å². The Labute approximate surface area is 119 Å². The van der Waals surface area contributed by atoms with Crippen LogP contribution in [0.1, 0.15) is 5.56 Å². The second-order valence-corrected chi connectivity index (χ2v) is 4.26. The van der Waals surface area contributed by atoms with Crippen molar-refractivity contribution in [3.8, 4) is 11.8 Å². The van der Waals surface area contributed by atoms with Crippen LogP contribution in [0, 0.1) is 17.7 Å². The highest BCUT2D eigenvalue weighted by atomic mass is 19.4. The zero-order chi connectivity index (χ0) is 15.3. The Morgan fingerprint density at radius 2 is 1.52 bits per heavy atom. The number of hydrogen-bond donors (Lipinski definition) is 1. The molecular formula is C16H11F4N. The largest absolute Gasteiger partial charge is 0.420 e. The van der Waals surface area contributed by atoms with Gasteiger partial charge < -0.3 is 5.32 Å². The molecule has 0 fully saturated rings. The summed E-state index contributed by atoms with van der Waals surface area (Å²) in [6, 6.07) is 11.0. The van der Waals surface area contributed by atoms with Crippen LogP contribution in [0.3, 0.4) is 0 Å². The summed E-state index contributed by atoms with van der Waals surface area (Å²) in [5, 5.41) is 2.25. The molecule has 0 heterocycles. The van der Waals surface area contributed by atoms with E-state index in [4.69, 9.17) is 0 Å². The maximum atomic E-state index is 12.9. The smallest absolute Gasteiger partial charge is 0.364 e. The monoisotopic (exact) mass is 293 g/mol. The molecule has 108 valence electrons. The Balaban J connectivity index is 2.20. The molecule has 1 atom stereocenters. The van der Waals surface area contributed by atoms with Gasteiger partial charge in [0.15, 0.2) is 6.04 Å². The average molecular weight is 293 g/mol. The van der Waals surface area contributed by atoms with E-state index in [0.29, 0.717) is 5.56 Å². The lowest BCUT2D eigenvalue weighted by atomic mass is 10.2. The molecule has 0 aromatic heterocycles. The van der Waals surface area contributed by atoms with Gasteiger partial charge in [0.2, 0.25) is 0 Å². The van der Waals surface area contributed by atoms with Crippen LogP contribution in [0.5, 0.6) is 0 Å². The first-order chi connectivity index (χ1) is 9.95. The minimum atomic E-state index is -4.53. The SMILES string of the molecule is Fc1ccc(NC(C#Cc2ccccc2)C(F)(F)F)cc1. The quantitative estimate of drug-likeness (QED) is 0.645. The molecule has 2 rings (SSSR count). The second-order valence-electron chi connectivity index (χ2n) is 4.26. The number of benzene rings is 2. The van der Waals surface area contributed by atoms with Crippen LogP contribution in [0.2, 0.25) is 0 Å². The summed E-state index contributed by atoms with van der Waals surface area (Å²) in [6.07, 6.45) is -4.53. The summed E-state index contributed by atoms with van der Waals surface area (Å²) in [6.45, 7) is 0. The van der Waals surface area contributed by atoms with Crippen molar-refractivity contribution in [3.05, 3.63) is 66.0 Å². The molecule has 1 unspecified atom stereocenters. The molecule has 0 radical (unpaired) electrons. The van der Waals surface area contributed by atoms with E-state index in [1.165, 1.54) is 12.1 Å². The van der Waals surface area contributed by atoms with Crippen molar-refractivity contribution in [2.24, 2.45) is 0 Å². The highest BCUT2D eigenvalue weighted by Gasteiger charge is 2.38. The van der Waals surface area contributed by atoms with E-state index in [9.17, 15) is 17.6 Å². The van der Waals surface area contributed by atoms with Crippen LogP contribution in [-0.2, 0) is 0 Å². The Hall–Kier alpha value is -2.48. The predicted octanol–water partition coefficient (Wildman–Crippen LogP) is 4.22. The number of halogens is 4. The van der Waals surface area contributed by atoms with E-state index in [1.54, 1.807) is 30.3 Å². The van der Waals surface area contributed by atoms with Crippen molar-refractivity contribution in [1.29, 1.82) is 0 Å². The molecule has 21 heavy (non-hydrogen) atoms. The fraction of sp³-hybridized carbons (Fsp3) is 0.125. The van der Waals surface area contributed by atoms with Gasteiger partial charge in [-0.05, 0) is 36.4 Å². The maximum absolute atomic E-state index is 12.9. The average Bonchev–Trinajstić information content (AvgIpc) is 2.45. The minimum Gasteiger partial charge on any atom is -0.364 e. The molecule has 2 aromatic carbocycles. The summed E-state index contributed by atoms with van der Waals surface area (Å²) < 4.78 is 51.6. The number of rotatable bonds is 2. The predicted molar refractivity (Wildman–Crippen MR) is 73.2 cm³/mol. The van der Waals surface area contributed by atoms with E-state index in [1.807, 2.05) is 0 Å². The molecule has 0 saturated heterocycles. The normalized spacial score (nSPS) is 12.2. The van der Waals surface area contributed by atoms with Crippen molar-refractivity contribution in [3.63, 3.8) is 0 Å². The molecule has 0 saturated carbocycles. The first kappa shape index (κ1) is 14.9. The van der Waals surface area contributed by atoms with Crippen LogP contribution in [0.15, 0.2) is 54.6 Å². The van der Waals surface area contributed by atoms with Crippen LogP contribution >= 0.6 is 0 Å². The van der Waals surface area contributed by atoms with Crippen molar-refractivity contribution in [2.45, 2.75) is 12.2 Å². The summed E-state index contributed by atoms with van der Waals surface area (Å²) in [5.41, 5.74) is 0.647. The Morgan fingerprint density at radius 1 is 0.905 bits per heavy atom. The molecule has 5 heteroatoms. The highest BCUT2D eigenvalue weighted by molar-refractivity contribution is 5.47. The molecule has 0 amide bonds. The van der Waals surface area contributed by atoms with Gasteiger partial charge >= 0.3 is 6.18 Å². The number of hydrogen-bond acceptors (Lipinski definition) is 1. The molecule has 2 aromatic rings. The standard InChI is InChI=1S/C16H11F4N/c17-13-7-9-14(10-8-13)21-15(16(18,19)20)11-6-12-4-2-1-3-5-12/h1-5,7-10,15,21H.